The Hall–Kier alpha value is -2.36. The molecule has 2 unspecified atom stereocenters. The van der Waals surface area contributed by atoms with Crippen LogP contribution in [-0.2, 0) is 21.5 Å². The minimum atomic E-state index is -3.83. The fraction of sp³-hybridized carbons (Fsp3) is 0.294. The molecule has 26 heavy (non-hydrogen) atoms. The van der Waals surface area contributed by atoms with Crippen LogP contribution < -0.4 is 10.0 Å². The highest BCUT2D eigenvalue weighted by Crippen LogP contribution is 2.28. The molecule has 1 amide bonds. The van der Waals surface area contributed by atoms with Crippen LogP contribution in [0.1, 0.15) is 23.6 Å². The predicted octanol–water partition coefficient (Wildman–Crippen LogP) is 1.12. The molecule has 9 heteroatoms. The molecule has 7 nitrogen and oxygen atoms in total. The van der Waals surface area contributed by atoms with E-state index >= 15 is 0 Å². The monoisotopic (exact) mass is 378 g/mol. The number of pyridine rings is 1. The maximum Gasteiger partial charge on any atom is 0.280 e. The first-order valence-corrected chi connectivity index (χ1v) is 9.48. The molecular formula is C17H19FN4O3S. The number of aromatic nitrogens is 1. The summed E-state index contributed by atoms with van der Waals surface area (Å²) in [7, 11) is -2.47. The van der Waals surface area contributed by atoms with Crippen LogP contribution in [0, 0.1) is 5.82 Å². The number of carbonyl (C=O) groups is 1. The summed E-state index contributed by atoms with van der Waals surface area (Å²) in [4.78, 5) is 16.5. The third-order valence-electron chi connectivity index (χ3n) is 4.33. The second-order valence-electron chi connectivity index (χ2n) is 6.07. The fourth-order valence-corrected chi connectivity index (χ4v) is 4.11. The molecule has 1 fully saturated rings. The summed E-state index contributed by atoms with van der Waals surface area (Å²) in [5.41, 5.74) is 1.42. The van der Waals surface area contributed by atoms with Gasteiger partial charge < -0.3 is 5.32 Å². The second-order valence-corrected chi connectivity index (χ2v) is 7.84. The zero-order chi connectivity index (χ0) is 18.7. The number of hydrogen-bond acceptors (Lipinski definition) is 4. The number of likely N-dealkylation sites (N-methyl/N-ethyl adjacent to an activating group) is 1. The topological polar surface area (TPSA) is 91.4 Å². The number of hydrogen-bond donors (Lipinski definition) is 2. The molecule has 0 saturated carbocycles. The molecule has 1 aromatic carbocycles. The van der Waals surface area contributed by atoms with Gasteiger partial charge in [0.1, 0.15) is 11.9 Å². The van der Waals surface area contributed by atoms with Crippen LogP contribution in [0.5, 0.6) is 0 Å². The molecule has 2 aromatic rings. The molecular weight excluding hydrogens is 359 g/mol. The maximum absolute atomic E-state index is 13.1. The highest BCUT2D eigenvalue weighted by atomic mass is 32.2. The molecule has 2 atom stereocenters. The average molecular weight is 378 g/mol. The third kappa shape index (κ3) is 4.06. The molecule has 2 N–H and O–H groups in total. The van der Waals surface area contributed by atoms with Gasteiger partial charge >= 0.3 is 0 Å². The molecule has 1 aromatic heterocycles. The average Bonchev–Trinajstić information content (AvgIpc) is 2.63. The Labute approximate surface area is 151 Å². The number of rotatable bonds is 4. The first-order chi connectivity index (χ1) is 12.4. The summed E-state index contributed by atoms with van der Waals surface area (Å²) in [5.74, 6) is -0.802. The molecule has 1 saturated heterocycles. The van der Waals surface area contributed by atoms with Gasteiger partial charge in [-0.15, -0.1) is 0 Å². The van der Waals surface area contributed by atoms with Crippen molar-refractivity contribution in [2.45, 2.75) is 25.0 Å². The van der Waals surface area contributed by atoms with E-state index in [1.807, 2.05) is 6.07 Å². The van der Waals surface area contributed by atoms with Crippen molar-refractivity contribution in [1.29, 1.82) is 0 Å². The van der Waals surface area contributed by atoms with E-state index in [9.17, 15) is 17.6 Å². The summed E-state index contributed by atoms with van der Waals surface area (Å²) in [6.45, 7) is 0.256. The van der Waals surface area contributed by atoms with Crippen LogP contribution in [0.15, 0.2) is 48.8 Å². The molecule has 0 aliphatic carbocycles. The van der Waals surface area contributed by atoms with Gasteiger partial charge in [-0.2, -0.15) is 17.4 Å². The van der Waals surface area contributed by atoms with E-state index in [1.54, 1.807) is 18.5 Å². The number of halogens is 1. The largest absolute Gasteiger partial charge is 0.351 e. The Bertz CT molecular complexity index is 875. The SMILES string of the molecule is CN1C(C(=O)NCc2cccnc2)CC(c2ccc(F)cc2)NS1(=O)=O. The van der Waals surface area contributed by atoms with E-state index in [0.29, 0.717) is 5.56 Å². The number of carbonyl (C=O) groups excluding carboxylic acids is 1. The highest BCUT2D eigenvalue weighted by molar-refractivity contribution is 7.87. The zero-order valence-electron chi connectivity index (χ0n) is 14.1. The zero-order valence-corrected chi connectivity index (χ0v) is 14.9. The van der Waals surface area contributed by atoms with Crippen molar-refractivity contribution in [1.82, 2.24) is 19.3 Å². The number of benzene rings is 1. The van der Waals surface area contributed by atoms with Gasteiger partial charge in [0.05, 0.1) is 0 Å². The number of amides is 1. The van der Waals surface area contributed by atoms with Gasteiger partial charge in [-0.3, -0.25) is 9.78 Å². The smallest absolute Gasteiger partial charge is 0.280 e. The minimum Gasteiger partial charge on any atom is -0.351 e. The van der Waals surface area contributed by atoms with E-state index < -0.39 is 34.0 Å². The lowest BCUT2D eigenvalue weighted by Gasteiger charge is -2.36. The Morgan fingerprint density at radius 1 is 1.35 bits per heavy atom. The molecule has 0 radical (unpaired) electrons. The van der Waals surface area contributed by atoms with Crippen molar-refractivity contribution in [2.24, 2.45) is 0 Å². The summed E-state index contributed by atoms with van der Waals surface area (Å²) in [6, 6.07) is 7.65. The van der Waals surface area contributed by atoms with Gasteiger partial charge in [-0.1, -0.05) is 18.2 Å². The molecule has 138 valence electrons. The van der Waals surface area contributed by atoms with Crippen molar-refractivity contribution in [3.63, 3.8) is 0 Å². The number of nitrogens with zero attached hydrogens (tertiary/aromatic N) is 2. The van der Waals surface area contributed by atoms with E-state index in [0.717, 1.165) is 9.87 Å². The van der Waals surface area contributed by atoms with Crippen LogP contribution >= 0.6 is 0 Å². The first-order valence-electron chi connectivity index (χ1n) is 8.04. The lowest BCUT2D eigenvalue weighted by molar-refractivity contribution is -0.125. The summed E-state index contributed by atoms with van der Waals surface area (Å²) >= 11 is 0. The fourth-order valence-electron chi connectivity index (χ4n) is 2.83. The van der Waals surface area contributed by atoms with Crippen LogP contribution in [0.2, 0.25) is 0 Å². The minimum absolute atomic E-state index is 0.236. The Morgan fingerprint density at radius 2 is 2.08 bits per heavy atom. The van der Waals surface area contributed by atoms with Crippen LogP contribution in [0.3, 0.4) is 0 Å². The van der Waals surface area contributed by atoms with Gasteiger partial charge in [0.2, 0.25) is 5.91 Å². The Balaban J connectivity index is 1.76. The molecule has 1 aliphatic rings. The normalized spacial score (nSPS) is 22.7. The molecule has 3 rings (SSSR count). The van der Waals surface area contributed by atoms with E-state index in [-0.39, 0.29) is 13.0 Å². The van der Waals surface area contributed by atoms with Gasteiger partial charge in [-0.05, 0) is 35.7 Å². The van der Waals surface area contributed by atoms with Gasteiger partial charge in [-0.25, -0.2) is 4.39 Å². The van der Waals surface area contributed by atoms with Gasteiger partial charge in [0, 0.05) is 32.0 Å². The molecule has 2 heterocycles. The van der Waals surface area contributed by atoms with Crippen molar-refractivity contribution in [2.75, 3.05) is 7.05 Å². The van der Waals surface area contributed by atoms with Crippen LogP contribution in [0.25, 0.3) is 0 Å². The highest BCUT2D eigenvalue weighted by Gasteiger charge is 2.40. The van der Waals surface area contributed by atoms with Gasteiger partial charge in [0.25, 0.3) is 10.2 Å². The van der Waals surface area contributed by atoms with Crippen molar-refractivity contribution in [3.8, 4) is 0 Å². The van der Waals surface area contributed by atoms with E-state index in [1.165, 1.54) is 31.3 Å². The Morgan fingerprint density at radius 3 is 2.73 bits per heavy atom. The standard InChI is InChI=1S/C17H19FN4O3S/c1-22-16(17(23)20-11-12-3-2-8-19-10-12)9-15(21-26(22,24)25)13-4-6-14(18)7-5-13/h2-8,10,15-16,21H,9,11H2,1H3,(H,20,23). The molecule has 1 aliphatic heterocycles. The molecule has 0 spiro atoms. The second kappa shape index (κ2) is 7.48. The summed E-state index contributed by atoms with van der Waals surface area (Å²) < 4.78 is 41.4. The van der Waals surface area contributed by atoms with Crippen molar-refractivity contribution < 1.29 is 17.6 Å². The first kappa shape index (κ1) is 18.4. The van der Waals surface area contributed by atoms with Gasteiger partial charge in [0.15, 0.2) is 0 Å². The predicted molar refractivity (Wildman–Crippen MR) is 93.4 cm³/mol. The summed E-state index contributed by atoms with van der Waals surface area (Å²) in [5, 5.41) is 2.75. The van der Waals surface area contributed by atoms with Crippen molar-refractivity contribution >= 4 is 16.1 Å². The van der Waals surface area contributed by atoms with Crippen molar-refractivity contribution in [3.05, 3.63) is 65.7 Å². The Kier molecular flexibility index (Phi) is 5.30. The van der Waals surface area contributed by atoms with E-state index in [2.05, 4.69) is 15.0 Å². The third-order valence-corrected chi connectivity index (χ3v) is 5.93. The quantitative estimate of drug-likeness (QED) is 0.834. The lowest BCUT2D eigenvalue weighted by atomic mass is 9.99. The number of nitrogens with one attached hydrogen (secondary N) is 2. The van der Waals surface area contributed by atoms with Crippen LogP contribution in [-0.4, -0.2) is 36.7 Å². The van der Waals surface area contributed by atoms with E-state index in [4.69, 9.17) is 0 Å². The molecule has 0 bridgehead atoms. The summed E-state index contributed by atoms with van der Waals surface area (Å²) in [6.07, 6.45) is 3.50. The maximum atomic E-state index is 13.1. The lowest BCUT2D eigenvalue weighted by Crippen LogP contribution is -2.57. The van der Waals surface area contributed by atoms with Crippen LogP contribution in [0.4, 0.5) is 4.39 Å².